The van der Waals surface area contributed by atoms with Crippen LogP contribution in [0.25, 0.3) is 0 Å². The summed E-state index contributed by atoms with van der Waals surface area (Å²) < 4.78 is 6.21. The largest absolute Gasteiger partial charge is 0.492 e. The number of halogens is 1. The normalized spacial score (nSPS) is 9.14. The molecule has 1 heterocycles. The first-order chi connectivity index (χ1) is 6.79. The number of nitrogens with zero attached hydrogens (tertiary/aromatic N) is 2. The molecule has 0 saturated heterocycles. The molecule has 0 N–H and O–H groups in total. The van der Waals surface area contributed by atoms with Crippen LogP contribution in [-0.4, -0.2) is 11.6 Å². The molecule has 4 heteroatoms. The van der Waals surface area contributed by atoms with Crippen molar-refractivity contribution >= 4 is 22.6 Å². The summed E-state index contributed by atoms with van der Waals surface area (Å²) in [6.07, 6.45) is 4.16. The molecular formula is C10H9IN2O. The molecule has 0 aliphatic rings. The van der Waals surface area contributed by atoms with E-state index in [1.165, 1.54) is 0 Å². The van der Waals surface area contributed by atoms with Crippen LogP contribution in [0.3, 0.4) is 0 Å². The molecule has 0 unspecified atom stereocenters. The maximum Gasteiger partial charge on any atom is 0.157 e. The molecule has 0 aromatic carbocycles. The molecule has 0 bridgehead atoms. The Bertz CT molecular complexity index is 371. The number of nitriles is 1. The highest BCUT2D eigenvalue weighted by molar-refractivity contribution is 14.1. The molecule has 0 aliphatic heterocycles. The third kappa shape index (κ3) is 2.70. The van der Waals surface area contributed by atoms with Gasteiger partial charge in [-0.25, -0.2) is 4.98 Å². The summed E-state index contributed by atoms with van der Waals surface area (Å²) in [5, 5.41) is 8.73. The maximum absolute atomic E-state index is 8.73. The Morgan fingerprint density at radius 3 is 3.14 bits per heavy atom. The van der Waals surface area contributed by atoms with E-state index in [2.05, 4.69) is 34.2 Å². The van der Waals surface area contributed by atoms with Gasteiger partial charge < -0.3 is 4.74 Å². The quantitative estimate of drug-likeness (QED) is 0.487. The van der Waals surface area contributed by atoms with Gasteiger partial charge in [0, 0.05) is 6.20 Å². The lowest BCUT2D eigenvalue weighted by Gasteiger charge is -2.06. The van der Waals surface area contributed by atoms with E-state index < -0.39 is 0 Å². The van der Waals surface area contributed by atoms with E-state index in [-0.39, 0.29) is 0 Å². The maximum atomic E-state index is 8.73. The molecule has 1 rings (SSSR count). The van der Waals surface area contributed by atoms with Gasteiger partial charge in [0.05, 0.1) is 10.2 Å². The Morgan fingerprint density at radius 1 is 1.71 bits per heavy atom. The molecule has 0 saturated carbocycles. The van der Waals surface area contributed by atoms with Crippen molar-refractivity contribution < 1.29 is 4.74 Å². The van der Waals surface area contributed by atoms with Crippen LogP contribution in [0, 0.1) is 14.9 Å². The van der Waals surface area contributed by atoms with E-state index in [4.69, 9.17) is 10.00 Å². The molecule has 0 atom stereocenters. The zero-order valence-corrected chi connectivity index (χ0v) is 9.69. The molecule has 0 radical (unpaired) electrons. The third-order valence-electron chi connectivity index (χ3n) is 1.54. The molecule has 14 heavy (non-hydrogen) atoms. The third-order valence-corrected chi connectivity index (χ3v) is 2.58. The van der Waals surface area contributed by atoms with Crippen molar-refractivity contribution in [2.45, 2.75) is 6.42 Å². The fraction of sp³-hybridized carbons (Fsp3) is 0.200. The first-order valence-electron chi connectivity index (χ1n) is 4.08. The van der Waals surface area contributed by atoms with Gasteiger partial charge in [-0.1, -0.05) is 6.08 Å². The smallest absolute Gasteiger partial charge is 0.157 e. The summed E-state index contributed by atoms with van der Waals surface area (Å²) in [6.45, 7) is 4.18. The minimum atomic E-state index is 0.404. The number of pyridine rings is 1. The van der Waals surface area contributed by atoms with E-state index in [1.807, 2.05) is 6.07 Å². The zero-order valence-electron chi connectivity index (χ0n) is 7.53. The van der Waals surface area contributed by atoms with E-state index >= 15 is 0 Å². The monoisotopic (exact) mass is 300 g/mol. The van der Waals surface area contributed by atoms with Crippen LogP contribution in [0.2, 0.25) is 0 Å². The van der Waals surface area contributed by atoms with Crippen LogP contribution >= 0.6 is 22.6 Å². The average molecular weight is 300 g/mol. The van der Waals surface area contributed by atoms with Crippen molar-refractivity contribution in [1.82, 2.24) is 4.98 Å². The summed E-state index contributed by atoms with van der Waals surface area (Å²) in [5.74, 6) is 0.707. The lowest BCUT2D eigenvalue weighted by Crippen LogP contribution is -1.99. The Morgan fingerprint density at radius 2 is 2.50 bits per heavy atom. The van der Waals surface area contributed by atoms with E-state index in [0.717, 1.165) is 9.99 Å². The summed E-state index contributed by atoms with van der Waals surface area (Å²) >= 11 is 2.06. The van der Waals surface area contributed by atoms with E-state index in [9.17, 15) is 0 Å². The highest BCUT2D eigenvalue weighted by Crippen LogP contribution is 2.22. The fourth-order valence-corrected chi connectivity index (χ4v) is 1.46. The zero-order chi connectivity index (χ0) is 10.4. The van der Waals surface area contributed by atoms with Crippen molar-refractivity contribution in [3.05, 3.63) is 34.2 Å². The predicted octanol–water partition coefficient (Wildman–Crippen LogP) is 2.51. The van der Waals surface area contributed by atoms with Gasteiger partial charge in [0.15, 0.2) is 5.69 Å². The van der Waals surface area contributed by atoms with Crippen LogP contribution in [0.5, 0.6) is 5.75 Å². The molecule has 1 aromatic heterocycles. The molecule has 3 nitrogen and oxygen atoms in total. The number of hydrogen-bond acceptors (Lipinski definition) is 3. The lowest BCUT2D eigenvalue weighted by molar-refractivity contribution is 0.322. The second-order valence-electron chi connectivity index (χ2n) is 2.51. The van der Waals surface area contributed by atoms with Gasteiger partial charge in [0.25, 0.3) is 0 Å². The van der Waals surface area contributed by atoms with Crippen LogP contribution in [0.4, 0.5) is 0 Å². The van der Waals surface area contributed by atoms with Crippen LogP contribution < -0.4 is 4.74 Å². The van der Waals surface area contributed by atoms with E-state index in [0.29, 0.717) is 18.1 Å². The minimum absolute atomic E-state index is 0.404. The highest BCUT2D eigenvalue weighted by Gasteiger charge is 2.06. The van der Waals surface area contributed by atoms with Crippen molar-refractivity contribution in [3.8, 4) is 11.8 Å². The lowest BCUT2D eigenvalue weighted by atomic mass is 10.3. The molecule has 0 fully saturated rings. The van der Waals surface area contributed by atoms with Gasteiger partial charge in [-0.05, 0) is 35.1 Å². The molecule has 1 aromatic rings. The van der Waals surface area contributed by atoms with Gasteiger partial charge in [-0.2, -0.15) is 5.26 Å². The summed E-state index contributed by atoms with van der Waals surface area (Å²) in [7, 11) is 0. The summed E-state index contributed by atoms with van der Waals surface area (Å²) in [5.41, 5.74) is 0.404. The van der Waals surface area contributed by atoms with Crippen molar-refractivity contribution in [1.29, 1.82) is 5.26 Å². The Hall–Kier alpha value is -1.09. The molecular weight excluding hydrogens is 291 g/mol. The van der Waals surface area contributed by atoms with Gasteiger partial charge in [0.2, 0.25) is 0 Å². The molecule has 0 spiro atoms. The standard InChI is InChI=1S/C10H9IN2O/c1-2-3-6-14-9-4-5-13-8(7-12)10(9)11/h2,4-5H,1,3,6H2. The SMILES string of the molecule is C=CCCOc1ccnc(C#N)c1I. The number of hydrogen-bond donors (Lipinski definition) is 0. The molecule has 72 valence electrons. The second kappa shape index (κ2) is 5.60. The minimum Gasteiger partial charge on any atom is -0.492 e. The number of ether oxygens (including phenoxy) is 1. The second-order valence-corrected chi connectivity index (χ2v) is 3.59. The highest BCUT2D eigenvalue weighted by atomic mass is 127. The van der Waals surface area contributed by atoms with Gasteiger partial charge in [0.1, 0.15) is 11.8 Å². The van der Waals surface area contributed by atoms with Gasteiger partial charge in [-0.3, -0.25) is 0 Å². The topological polar surface area (TPSA) is 45.9 Å². The Kier molecular flexibility index (Phi) is 4.40. The van der Waals surface area contributed by atoms with Crippen molar-refractivity contribution in [2.24, 2.45) is 0 Å². The van der Waals surface area contributed by atoms with Gasteiger partial charge >= 0.3 is 0 Å². The Balaban J connectivity index is 2.77. The summed E-state index contributed by atoms with van der Waals surface area (Å²) in [4.78, 5) is 3.92. The Labute approximate surface area is 96.6 Å². The average Bonchev–Trinajstić information content (AvgIpc) is 2.21. The predicted molar refractivity (Wildman–Crippen MR) is 62.0 cm³/mol. The molecule has 0 amide bonds. The van der Waals surface area contributed by atoms with Gasteiger partial charge in [-0.15, -0.1) is 6.58 Å². The summed E-state index contributed by atoms with van der Waals surface area (Å²) in [6, 6.07) is 3.76. The first-order valence-corrected chi connectivity index (χ1v) is 5.15. The molecule has 0 aliphatic carbocycles. The van der Waals surface area contributed by atoms with Crippen LogP contribution in [0.1, 0.15) is 12.1 Å². The number of rotatable bonds is 4. The number of aromatic nitrogens is 1. The first kappa shape index (κ1) is 11.0. The van der Waals surface area contributed by atoms with Crippen LogP contribution in [-0.2, 0) is 0 Å². The van der Waals surface area contributed by atoms with Crippen molar-refractivity contribution in [3.63, 3.8) is 0 Å². The van der Waals surface area contributed by atoms with Crippen molar-refractivity contribution in [2.75, 3.05) is 6.61 Å². The van der Waals surface area contributed by atoms with E-state index in [1.54, 1.807) is 18.3 Å². The fourth-order valence-electron chi connectivity index (χ4n) is 0.868. The van der Waals surface area contributed by atoms with Crippen LogP contribution in [0.15, 0.2) is 24.9 Å².